The number of aryl methyl sites for hydroxylation is 1. The highest BCUT2D eigenvalue weighted by Crippen LogP contribution is 2.34. The van der Waals surface area contributed by atoms with Gasteiger partial charge in [-0.25, -0.2) is 9.37 Å². The Bertz CT molecular complexity index is 1080. The fourth-order valence-corrected chi connectivity index (χ4v) is 5.05. The molecule has 0 bridgehead atoms. The average Bonchev–Trinajstić information content (AvgIpc) is 3.25. The predicted octanol–water partition coefficient (Wildman–Crippen LogP) is 4.25. The zero-order chi connectivity index (χ0) is 22.1. The molecular formula is C24H30FN5O2. The SMILES string of the molecule is COC1CN(c2nc3ccc(F)cc3cc2-c2nc(C)no2)CCC1NC1CCCCC1. The third-order valence-corrected chi connectivity index (χ3v) is 6.73. The summed E-state index contributed by atoms with van der Waals surface area (Å²) >= 11 is 0. The van der Waals surface area contributed by atoms with Gasteiger partial charge in [-0.15, -0.1) is 0 Å². The van der Waals surface area contributed by atoms with Crippen molar-refractivity contribution < 1.29 is 13.7 Å². The van der Waals surface area contributed by atoms with Crippen LogP contribution in [-0.4, -0.2) is 53.5 Å². The Labute approximate surface area is 187 Å². The molecule has 2 atom stereocenters. The number of nitrogens with zero attached hydrogens (tertiary/aromatic N) is 4. The molecule has 1 saturated heterocycles. The van der Waals surface area contributed by atoms with Crippen LogP contribution in [0.25, 0.3) is 22.4 Å². The van der Waals surface area contributed by atoms with Gasteiger partial charge in [0.05, 0.1) is 17.2 Å². The number of nitrogens with one attached hydrogen (secondary N) is 1. The van der Waals surface area contributed by atoms with E-state index in [1.807, 2.05) is 6.07 Å². The molecule has 1 aliphatic carbocycles. The molecule has 1 aromatic carbocycles. The number of piperidine rings is 1. The van der Waals surface area contributed by atoms with Crippen molar-refractivity contribution in [3.63, 3.8) is 0 Å². The van der Waals surface area contributed by atoms with E-state index >= 15 is 0 Å². The highest BCUT2D eigenvalue weighted by atomic mass is 19.1. The van der Waals surface area contributed by atoms with Crippen LogP contribution < -0.4 is 10.2 Å². The predicted molar refractivity (Wildman–Crippen MR) is 121 cm³/mol. The van der Waals surface area contributed by atoms with Crippen molar-refractivity contribution in [1.82, 2.24) is 20.4 Å². The number of halogens is 1. The third-order valence-electron chi connectivity index (χ3n) is 6.73. The first kappa shape index (κ1) is 21.3. The molecule has 3 aromatic rings. The van der Waals surface area contributed by atoms with Gasteiger partial charge in [-0.3, -0.25) is 0 Å². The van der Waals surface area contributed by atoms with Gasteiger partial charge < -0.3 is 19.5 Å². The van der Waals surface area contributed by atoms with E-state index in [2.05, 4.69) is 20.4 Å². The van der Waals surface area contributed by atoms with Crippen LogP contribution in [0.1, 0.15) is 44.3 Å². The van der Waals surface area contributed by atoms with E-state index in [1.54, 1.807) is 20.1 Å². The number of ether oxygens (including phenoxy) is 1. The number of rotatable bonds is 5. The van der Waals surface area contributed by atoms with Crippen LogP contribution in [0.2, 0.25) is 0 Å². The smallest absolute Gasteiger partial charge is 0.261 e. The van der Waals surface area contributed by atoms with Gasteiger partial charge in [0.1, 0.15) is 11.6 Å². The number of hydrogen-bond donors (Lipinski definition) is 1. The van der Waals surface area contributed by atoms with Gasteiger partial charge in [-0.1, -0.05) is 24.4 Å². The number of benzene rings is 1. The van der Waals surface area contributed by atoms with Crippen molar-refractivity contribution in [2.24, 2.45) is 0 Å². The summed E-state index contributed by atoms with van der Waals surface area (Å²) in [5.41, 5.74) is 1.45. The average molecular weight is 440 g/mol. The zero-order valence-corrected chi connectivity index (χ0v) is 18.7. The summed E-state index contributed by atoms with van der Waals surface area (Å²) < 4.78 is 25.2. The molecule has 0 radical (unpaired) electrons. The summed E-state index contributed by atoms with van der Waals surface area (Å²) in [5.74, 6) is 1.42. The molecule has 2 aliphatic rings. The van der Waals surface area contributed by atoms with E-state index < -0.39 is 0 Å². The van der Waals surface area contributed by atoms with Crippen molar-refractivity contribution in [2.45, 2.75) is 63.6 Å². The molecule has 7 nitrogen and oxygen atoms in total. The highest BCUT2D eigenvalue weighted by Gasteiger charge is 2.33. The van der Waals surface area contributed by atoms with Gasteiger partial charge >= 0.3 is 0 Å². The maximum atomic E-state index is 13.8. The maximum Gasteiger partial charge on any atom is 0.261 e. The molecule has 170 valence electrons. The highest BCUT2D eigenvalue weighted by molar-refractivity contribution is 5.88. The Kier molecular flexibility index (Phi) is 6.06. The lowest BCUT2D eigenvalue weighted by Gasteiger charge is -2.41. The molecule has 32 heavy (non-hydrogen) atoms. The summed E-state index contributed by atoms with van der Waals surface area (Å²) in [6, 6.07) is 7.43. The van der Waals surface area contributed by atoms with Gasteiger partial charge in [0.2, 0.25) is 0 Å². The summed E-state index contributed by atoms with van der Waals surface area (Å²) in [7, 11) is 1.78. The van der Waals surface area contributed by atoms with Gasteiger partial charge in [-0.05, 0) is 50.5 Å². The molecule has 1 saturated carbocycles. The molecule has 3 heterocycles. The molecule has 1 N–H and O–H groups in total. The van der Waals surface area contributed by atoms with Crippen molar-refractivity contribution in [3.8, 4) is 11.5 Å². The fraction of sp³-hybridized carbons (Fsp3) is 0.542. The van der Waals surface area contributed by atoms with Crippen molar-refractivity contribution in [1.29, 1.82) is 0 Å². The summed E-state index contributed by atoms with van der Waals surface area (Å²) in [4.78, 5) is 11.5. The zero-order valence-electron chi connectivity index (χ0n) is 18.7. The topological polar surface area (TPSA) is 76.3 Å². The van der Waals surface area contributed by atoms with E-state index in [-0.39, 0.29) is 11.9 Å². The third kappa shape index (κ3) is 4.34. The number of hydrogen-bond acceptors (Lipinski definition) is 7. The summed E-state index contributed by atoms with van der Waals surface area (Å²) in [6.45, 7) is 3.33. The summed E-state index contributed by atoms with van der Waals surface area (Å²) in [5, 5.41) is 8.51. The number of aromatic nitrogens is 3. The lowest BCUT2D eigenvalue weighted by Crippen LogP contribution is -2.56. The molecule has 2 unspecified atom stereocenters. The second kappa shape index (κ2) is 9.11. The van der Waals surface area contributed by atoms with E-state index in [0.717, 1.165) is 29.9 Å². The molecule has 2 fully saturated rings. The largest absolute Gasteiger partial charge is 0.378 e. The molecular weight excluding hydrogens is 409 g/mol. The van der Waals surface area contributed by atoms with Crippen LogP contribution in [0.4, 0.5) is 10.2 Å². The molecule has 8 heteroatoms. The van der Waals surface area contributed by atoms with Gasteiger partial charge in [-0.2, -0.15) is 4.98 Å². The quantitative estimate of drug-likeness (QED) is 0.637. The monoisotopic (exact) mass is 439 g/mol. The lowest BCUT2D eigenvalue weighted by atomic mass is 9.92. The second-order valence-corrected chi connectivity index (χ2v) is 8.96. The minimum absolute atomic E-state index is 0.0497. The standard InChI is InChI=1S/C24H30FN5O2/c1-15-26-24(32-29-15)19-13-16-12-17(25)8-9-20(16)28-23(19)30-11-10-21(22(14-30)31-2)27-18-6-4-3-5-7-18/h8-9,12-13,18,21-22,27H,3-7,10-11,14H2,1-2H3. The van der Waals surface area contributed by atoms with Gasteiger partial charge in [0.25, 0.3) is 5.89 Å². The molecule has 0 amide bonds. The molecule has 1 aliphatic heterocycles. The Hall–Kier alpha value is -2.58. The van der Waals surface area contributed by atoms with Crippen LogP contribution in [0.5, 0.6) is 0 Å². The number of methoxy groups -OCH3 is 1. The maximum absolute atomic E-state index is 13.8. The number of anilines is 1. The van der Waals surface area contributed by atoms with Crippen LogP contribution in [0.15, 0.2) is 28.8 Å². The number of pyridine rings is 1. The van der Waals surface area contributed by atoms with E-state index in [0.29, 0.717) is 35.7 Å². The first-order valence-corrected chi connectivity index (χ1v) is 11.6. The van der Waals surface area contributed by atoms with E-state index in [1.165, 1.54) is 44.2 Å². The van der Waals surface area contributed by atoms with Crippen LogP contribution in [0, 0.1) is 12.7 Å². The normalized spacial score (nSPS) is 22.5. The van der Waals surface area contributed by atoms with Crippen LogP contribution in [-0.2, 0) is 4.74 Å². The second-order valence-electron chi connectivity index (χ2n) is 8.96. The van der Waals surface area contributed by atoms with E-state index in [4.69, 9.17) is 14.2 Å². The van der Waals surface area contributed by atoms with Crippen LogP contribution >= 0.6 is 0 Å². The first-order valence-electron chi connectivity index (χ1n) is 11.6. The fourth-order valence-electron chi connectivity index (χ4n) is 5.05. The van der Waals surface area contributed by atoms with Gasteiger partial charge in [0, 0.05) is 37.7 Å². The van der Waals surface area contributed by atoms with E-state index in [9.17, 15) is 4.39 Å². The van der Waals surface area contributed by atoms with Gasteiger partial charge in [0.15, 0.2) is 5.82 Å². The Morgan fingerprint density at radius 2 is 1.97 bits per heavy atom. The Balaban J connectivity index is 1.45. The van der Waals surface area contributed by atoms with Crippen molar-refractivity contribution >= 4 is 16.7 Å². The molecule has 5 rings (SSSR count). The molecule has 0 spiro atoms. The van der Waals surface area contributed by atoms with Crippen LogP contribution in [0.3, 0.4) is 0 Å². The Morgan fingerprint density at radius 3 is 2.72 bits per heavy atom. The Morgan fingerprint density at radius 1 is 1.12 bits per heavy atom. The minimum atomic E-state index is -0.297. The summed E-state index contributed by atoms with van der Waals surface area (Å²) in [6.07, 6.45) is 7.47. The molecule has 2 aromatic heterocycles. The number of fused-ring (bicyclic) bond motifs is 1. The first-order chi connectivity index (χ1) is 15.6. The van der Waals surface area contributed by atoms with Crippen molar-refractivity contribution in [2.75, 3.05) is 25.1 Å². The van der Waals surface area contributed by atoms with Crippen molar-refractivity contribution in [3.05, 3.63) is 35.9 Å². The minimum Gasteiger partial charge on any atom is -0.378 e. The lowest BCUT2D eigenvalue weighted by molar-refractivity contribution is 0.0534.